The Morgan fingerprint density at radius 1 is 1.29 bits per heavy atom. The molecule has 0 N–H and O–H groups in total. The van der Waals surface area contributed by atoms with E-state index in [1.807, 2.05) is 13.8 Å². The number of benzene rings is 1. The van der Waals surface area contributed by atoms with Crippen molar-refractivity contribution in [2.24, 2.45) is 0 Å². The van der Waals surface area contributed by atoms with Crippen molar-refractivity contribution >= 4 is 21.5 Å². The Morgan fingerprint density at radius 3 is 2.36 bits per heavy atom. The molecule has 0 spiro atoms. The van der Waals surface area contributed by atoms with Gasteiger partial charge in [0.15, 0.2) is 0 Å². The van der Waals surface area contributed by atoms with Crippen LogP contribution in [0.4, 0.5) is 0 Å². The molecule has 0 fully saturated rings. The van der Waals surface area contributed by atoms with Crippen LogP contribution in [-0.4, -0.2) is 5.33 Å². The quantitative estimate of drug-likeness (QED) is 0.679. The van der Waals surface area contributed by atoms with Gasteiger partial charge in [0.25, 0.3) is 0 Å². The largest absolute Gasteiger partial charge is 0.0952 e. The predicted octanol–water partition coefficient (Wildman–Crippen LogP) is 4.82. The monoisotopic (exact) mass is 254 g/mol. The lowest BCUT2D eigenvalue weighted by Gasteiger charge is -2.06. The number of allylic oxidation sites excluding steroid dienone is 1. The number of halogens is 1. The summed E-state index contributed by atoms with van der Waals surface area (Å²) < 4.78 is 0. The first-order valence-corrected chi connectivity index (χ1v) is 6.17. The Hall–Kier alpha value is -0.560. The topological polar surface area (TPSA) is 0 Å². The van der Waals surface area contributed by atoms with E-state index < -0.39 is 0 Å². The van der Waals surface area contributed by atoms with E-state index in [1.165, 1.54) is 16.7 Å². The lowest BCUT2D eigenvalue weighted by molar-refractivity contribution is 1.26. The van der Waals surface area contributed by atoms with Gasteiger partial charge in [0.1, 0.15) is 0 Å². The van der Waals surface area contributed by atoms with Crippen LogP contribution in [0.25, 0.3) is 5.57 Å². The van der Waals surface area contributed by atoms with Crippen molar-refractivity contribution in [3.05, 3.63) is 42.0 Å². The minimum absolute atomic E-state index is 0.986. The third kappa shape index (κ3) is 4.10. The number of hydrogen-bond acceptors (Lipinski definition) is 0. The van der Waals surface area contributed by atoms with Gasteiger partial charge >= 0.3 is 0 Å². The predicted molar refractivity (Wildman–Crippen MR) is 70.0 cm³/mol. The van der Waals surface area contributed by atoms with Crippen molar-refractivity contribution in [2.45, 2.75) is 27.2 Å². The molecule has 0 amide bonds. The van der Waals surface area contributed by atoms with Gasteiger partial charge in [-0.05, 0) is 30.0 Å². The van der Waals surface area contributed by atoms with Gasteiger partial charge in [-0.25, -0.2) is 0 Å². The van der Waals surface area contributed by atoms with Crippen LogP contribution in [0.15, 0.2) is 30.8 Å². The summed E-state index contributed by atoms with van der Waals surface area (Å²) in [4.78, 5) is 0. The van der Waals surface area contributed by atoms with Crippen LogP contribution in [0, 0.1) is 6.92 Å². The van der Waals surface area contributed by atoms with Crippen LogP contribution in [0.5, 0.6) is 0 Å². The van der Waals surface area contributed by atoms with Crippen molar-refractivity contribution in [3.63, 3.8) is 0 Å². The maximum Gasteiger partial charge on any atom is 0.00718 e. The number of hydrogen-bond donors (Lipinski definition) is 0. The molecule has 0 radical (unpaired) electrons. The van der Waals surface area contributed by atoms with Crippen molar-refractivity contribution in [1.29, 1.82) is 0 Å². The summed E-state index contributed by atoms with van der Waals surface area (Å²) in [5.74, 6) is 0. The molecule has 0 unspecified atom stereocenters. The van der Waals surface area contributed by atoms with E-state index in [0.29, 0.717) is 0 Å². The SMILES string of the molecule is C=C(CCBr)c1ccccc1C.CC. The number of alkyl halides is 1. The lowest BCUT2D eigenvalue weighted by atomic mass is 10.0. The summed E-state index contributed by atoms with van der Waals surface area (Å²) in [6, 6.07) is 8.36. The van der Waals surface area contributed by atoms with Gasteiger partial charge in [-0.3, -0.25) is 0 Å². The standard InChI is InChI=1S/C11H13Br.C2H6/c1-9-5-3-4-6-11(9)10(2)7-8-12;1-2/h3-6H,2,7-8H2,1H3;1-2H3. The molecule has 0 saturated carbocycles. The molecule has 1 rings (SSSR count). The molecule has 1 aromatic carbocycles. The van der Waals surface area contributed by atoms with Crippen molar-refractivity contribution in [3.8, 4) is 0 Å². The maximum absolute atomic E-state index is 4.05. The van der Waals surface area contributed by atoms with Gasteiger partial charge in [-0.2, -0.15) is 0 Å². The molecule has 1 heteroatoms. The molecule has 0 heterocycles. The van der Waals surface area contributed by atoms with E-state index in [4.69, 9.17) is 0 Å². The fraction of sp³-hybridized carbons (Fsp3) is 0.385. The second kappa shape index (κ2) is 7.81. The smallest absolute Gasteiger partial charge is 0.00718 e. The van der Waals surface area contributed by atoms with Crippen LogP contribution in [0.3, 0.4) is 0 Å². The van der Waals surface area contributed by atoms with Crippen molar-refractivity contribution < 1.29 is 0 Å². The zero-order valence-electron chi connectivity index (χ0n) is 9.31. The average Bonchev–Trinajstić information content (AvgIpc) is 2.22. The van der Waals surface area contributed by atoms with Crippen LogP contribution in [0.2, 0.25) is 0 Å². The fourth-order valence-corrected chi connectivity index (χ4v) is 1.70. The van der Waals surface area contributed by atoms with E-state index in [9.17, 15) is 0 Å². The highest BCUT2D eigenvalue weighted by Gasteiger charge is 1.99. The first-order valence-electron chi connectivity index (χ1n) is 5.05. The Labute approximate surface area is 96.2 Å². The molecule has 0 bridgehead atoms. The van der Waals surface area contributed by atoms with Gasteiger partial charge in [-0.15, -0.1) is 0 Å². The van der Waals surface area contributed by atoms with Gasteiger partial charge < -0.3 is 0 Å². The van der Waals surface area contributed by atoms with E-state index in [2.05, 4.69) is 53.7 Å². The molecule has 0 aromatic heterocycles. The zero-order chi connectivity index (χ0) is 11.0. The highest BCUT2D eigenvalue weighted by atomic mass is 79.9. The Kier molecular flexibility index (Phi) is 7.50. The highest BCUT2D eigenvalue weighted by Crippen LogP contribution is 2.20. The number of aryl methyl sites for hydroxylation is 1. The molecule has 1 aromatic rings. The van der Waals surface area contributed by atoms with Crippen LogP contribution >= 0.6 is 15.9 Å². The first-order chi connectivity index (χ1) is 6.75. The molecule has 0 aliphatic carbocycles. The molecule has 78 valence electrons. The van der Waals surface area contributed by atoms with Gasteiger partial charge in [0, 0.05) is 5.33 Å². The second-order valence-corrected chi connectivity index (χ2v) is 3.65. The molecule has 0 atom stereocenters. The minimum Gasteiger partial charge on any atom is -0.0952 e. The molecule has 0 aliphatic rings. The minimum atomic E-state index is 0.986. The van der Waals surface area contributed by atoms with Crippen LogP contribution in [-0.2, 0) is 0 Å². The Balaban J connectivity index is 0.000000791. The average molecular weight is 255 g/mol. The lowest BCUT2D eigenvalue weighted by Crippen LogP contribution is -1.87. The first kappa shape index (κ1) is 13.4. The zero-order valence-corrected chi connectivity index (χ0v) is 10.9. The third-order valence-corrected chi connectivity index (χ3v) is 2.32. The van der Waals surface area contributed by atoms with E-state index in [-0.39, 0.29) is 0 Å². The Bertz CT molecular complexity index is 276. The normalized spacial score (nSPS) is 8.86. The fourth-order valence-electron chi connectivity index (χ4n) is 1.22. The second-order valence-electron chi connectivity index (χ2n) is 2.86. The summed E-state index contributed by atoms with van der Waals surface area (Å²) in [5.41, 5.74) is 3.81. The van der Waals surface area contributed by atoms with E-state index in [0.717, 1.165) is 11.8 Å². The molecule has 0 nitrogen and oxygen atoms in total. The molecule has 0 saturated heterocycles. The van der Waals surface area contributed by atoms with Crippen molar-refractivity contribution in [1.82, 2.24) is 0 Å². The summed E-state index contributed by atoms with van der Waals surface area (Å²) in [6.07, 6.45) is 1.02. The van der Waals surface area contributed by atoms with Crippen LogP contribution < -0.4 is 0 Å². The summed E-state index contributed by atoms with van der Waals surface area (Å²) in [6.45, 7) is 10.2. The molecule has 0 aliphatic heterocycles. The van der Waals surface area contributed by atoms with E-state index in [1.54, 1.807) is 0 Å². The summed E-state index contributed by atoms with van der Waals surface area (Å²) in [7, 11) is 0. The third-order valence-electron chi connectivity index (χ3n) is 1.92. The van der Waals surface area contributed by atoms with Crippen LogP contribution in [0.1, 0.15) is 31.4 Å². The van der Waals surface area contributed by atoms with Crippen molar-refractivity contribution in [2.75, 3.05) is 5.33 Å². The van der Waals surface area contributed by atoms with Gasteiger partial charge in [0.05, 0.1) is 0 Å². The Morgan fingerprint density at radius 2 is 1.86 bits per heavy atom. The molecular formula is C13H19Br. The molecule has 14 heavy (non-hydrogen) atoms. The molecular weight excluding hydrogens is 236 g/mol. The maximum atomic E-state index is 4.05. The summed E-state index contributed by atoms with van der Waals surface area (Å²) >= 11 is 3.41. The number of rotatable bonds is 3. The summed E-state index contributed by atoms with van der Waals surface area (Å²) in [5, 5.41) is 0.986. The van der Waals surface area contributed by atoms with Gasteiger partial charge in [-0.1, -0.05) is 60.6 Å². The van der Waals surface area contributed by atoms with Gasteiger partial charge in [0.2, 0.25) is 0 Å². The van der Waals surface area contributed by atoms with E-state index >= 15 is 0 Å². The highest BCUT2D eigenvalue weighted by molar-refractivity contribution is 9.09.